The maximum atomic E-state index is 11.1. The van der Waals surface area contributed by atoms with Crippen LogP contribution in [0.4, 0.5) is 13.2 Å². The number of hydrogen-bond acceptors (Lipinski definition) is 6. The van der Waals surface area contributed by atoms with Gasteiger partial charge >= 0.3 is 24.1 Å². The highest BCUT2D eigenvalue weighted by Crippen LogP contribution is 2.14. The molecule has 0 bridgehead atoms. The molecule has 7 N–H and O–H groups in total. The topological polar surface area (TPSA) is 183 Å². The molecule has 0 aliphatic rings. The Morgan fingerprint density at radius 1 is 1.03 bits per heavy atom. The summed E-state index contributed by atoms with van der Waals surface area (Å²) in [4.78, 5) is 30.9. The van der Waals surface area contributed by atoms with E-state index < -0.39 is 30.1 Å². The molecule has 0 aromatic heterocycles. The summed E-state index contributed by atoms with van der Waals surface area (Å²) in [7, 11) is 0. The van der Waals surface area contributed by atoms with E-state index in [0.29, 0.717) is 17.9 Å². The summed E-state index contributed by atoms with van der Waals surface area (Å²) in [6, 6.07) is 12.6. The first-order chi connectivity index (χ1) is 15.8. The summed E-state index contributed by atoms with van der Waals surface area (Å²) in [6.45, 7) is 0.482. The number of nitrogens with one attached hydrogen (secondary N) is 2. The van der Waals surface area contributed by atoms with Gasteiger partial charge in [0.15, 0.2) is 0 Å². The number of nitrogen functional groups attached to an aromatic ring is 1. The fraction of sp³-hybridized carbons (Fsp3) is 0.238. The number of amidine groups is 1. The van der Waals surface area contributed by atoms with Crippen molar-refractivity contribution in [2.75, 3.05) is 6.61 Å². The second kappa shape index (κ2) is 12.8. The van der Waals surface area contributed by atoms with Crippen molar-refractivity contribution < 1.29 is 47.6 Å². The Kier molecular flexibility index (Phi) is 10.5. The first kappa shape index (κ1) is 27.9. The van der Waals surface area contributed by atoms with Gasteiger partial charge in [0.1, 0.15) is 18.2 Å². The maximum absolute atomic E-state index is 11.1. The van der Waals surface area contributed by atoms with E-state index in [9.17, 15) is 22.8 Å². The normalized spacial score (nSPS) is 11.5. The molecule has 2 aromatic carbocycles. The van der Waals surface area contributed by atoms with Crippen molar-refractivity contribution in [2.45, 2.75) is 25.2 Å². The van der Waals surface area contributed by atoms with Gasteiger partial charge in [-0.1, -0.05) is 24.3 Å². The Balaban J connectivity index is 0.000000718. The van der Waals surface area contributed by atoms with Crippen LogP contribution in [0.5, 0.6) is 5.75 Å². The number of benzene rings is 2. The van der Waals surface area contributed by atoms with Crippen LogP contribution in [0.1, 0.15) is 27.9 Å². The van der Waals surface area contributed by atoms with Gasteiger partial charge in [-0.05, 0) is 29.8 Å². The molecule has 0 amide bonds. The first-order valence-electron chi connectivity index (χ1n) is 9.44. The minimum absolute atomic E-state index is 0.0783. The Morgan fingerprint density at radius 2 is 1.62 bits per heavy atom. The summed E-state index contributed by atoms with van der Waals surface area (Å²) in [6.07, 6.45) is -5.22. The zero-order valence-electron chi connectivity index (χ0n) is 17.5. The van der Waals surface area contributed by atoms with Crippen molar-refractivity contribution in [3.8, 4) is 5.75 Å². The van der Waals surface area contributed by atoms with E-state index in [1.807, 2.05) is 0 Å². The van der Waals surface area contributed by atoms with E-state index in [0.717, 1.165) is 5.56 Å². The van der Waals surface area contributed by atoms with Crippen LogP contribution in [-0.4, -0.2) is 57.9 Å². The SMILES string of the molecule is N=C(N)c1cccc(OC[C@@H](CC(=O)O)NCc2ccc(C(=O)O)cc2)c1.O=C(O)C(F)(F)F. The number of alkyl halides is 3. The van der Waals surface area contributed by atoms with Crippen LogP contribution in [0.2, 0.25) is 0 Å². The molecule has 0 heterocycles. The highest BCUT2D eigenvalue weighted by molar-refractivity contribution is 5.95. The number of carboxylic acids is 3. The average Bonchev–Trinajstić information content (AvgIpc) is 2.75. The van der Waals surface area contributed by atoms with E-state index in [1.165, 1.54) is 12.1 Å². The number of carboxylic acid groups (broad SMARTS) is 3. The third kappa shape index (κ3) is 10.5. The molecular formula is C21H22F3N3O7. The van der Waals surface area contributed by atoms with E-state index in [4.69, 9.17) is 36.0 Å². The molecule has 0 saturated carbocycles. The molecule has 2 aromatic rings. The van der Waals surface area contributed by atoms with Gasteiger partial charge in [0, 0.05) is 12.1 Å². The number of ether oxygens (including phenoxy) is 1. The van der Waals surface area contributed by atoms with Gasteiger partial charge in [-0.15, -0.1) is 0 Å². The van der Waals surface area contributed by atoms with Crippen molar-refractivity contribution in [3.05, 3.63) is 65.2 Å². The first-order valence-corrected chi connectivity index (χ1v) is 9.44. The molecular weight excluding hydrogens is 463 g/mol. The molecule has 0 unspecified atom stereocenters. The second-order valence-electron chi connectivity index (χ2n) is 6.73. The van der Waals surface area contributed by atoms with Crippen LogP contribution >= 0.6 is 0 Å². The molecule has 2 rings (SSSR count). The minimum atomic E-state index is -5.08. The summed E-state index contributed by atoms with van der Waals surface area (Å²) >= 11 is 0. The van der Waals surface area contributed by atoms with Gasteiger partial charge in [0.25, 0.3) is 0 Å². The molecule has 0 saturated heterocycles. The van der Waals surface area contributed by atoms with E-state index in [1.54, 1.807) is 36.4 Å². The summed E-state index contributed by atoms with van der Waals surface area (Å²) < 4.78 is 37.4. The molecule has 184 valence electrons. The molecule has 13 heteroatoms. The molecule has 0 spiro atoms. The number of halogens is 3. The molecule has 0 aliphatic carbocycles. The van der Waals surface area contributed by atoms with Gasteiger partial charge in [-0.25, -0.2) is 9.59 Å². The smallest absolute Gasteiger partial charge is 0.490 e. The number of nitrogens with two attached hydrogens (primary N) is 1. The summed E-state index contributed by atoms with van der Waals surface area (Å²) in [5, 5.41) is 35.7. The molecule has 10 nitrogen and oxygen atoms in total. The number of aromatic carboxylic acids is 1. The highest BCUT2D eigenvalue weighted by Gasteiger charge is 2.38. The van der Waals surface area contributed by atoms with E-state index in [2.05, 4.69) is 5.32 Å². The van der Waals surface area contributed by atoms with Crippen LogP contribution in [0, 0.1) is 5.41 Å². The largest absolute Gasteiger partial charge is 0.492 e. The lowest BCUT2D eigenvalue weighted by atomic mass is 10.1. The predicted molar refractivity (Wildman–Crippen MR) is 113 cm³/mol. The molecule has 1 atom stereocenters. The molecule has 34 heavy (non-hydrogen) atoms. The Morgan fingerprint density at radius 3 is 2.09 bits per heavy atom. The van der Waals surface area contributed by atoms with Crippen LogP contribution in [0.3, 0.4) is 0 Å². The van der Waals surface area contributed by atoms with Gasteiger partial charge in [0.2, 0.25) is 0 Å². The second-order valence-corrected chi connectivity index (χ2v) is 6.73. The predicted octanol–water partition coefficient (Wildman–Crippen LogP) is 2.31. The van der Waals surface area contributed by atoms with Crippen molar-refractivity contribution in [2.24, 2.45) is 5.73 Å². The van der Waals surface area contributed by atoms with Crippen molar-refractivity contribution in [1.82, 2.24) is 5.32 Å². The van der Waals surface area contributed by atoms with Gasteiger partial charge in [-0.2, -0.15) is 13.2 Å². The average molecular weight is 485 g/mol. The maximum Gasteiger partial charge on any atom is 0.490 e. The molecule has 0 radical (unpaired) electrons. The third-order valence-electron chi connectivity index (χ3n) is 4.06. The minimum Gasteiger partial charge on any atom is -0.492 e. The Hall–Kier alpha value is -4.13. The van der Waals surface area contributed by atoms with E-state index in [-0.39, 0.29) is 24.4 Å². The molecule has 0 fully saturated rings. The van der Waals surface area contributed by atoms with Gasteiger partial charge in [0.05, 0.1) is 18.0 Å². The third-order valence-corrected chi connectivity index (χ3v) is 4.06. The van der Waals surface area contributed by atoms with Crippen LogP contribution in [-0.2, 0) is 16.1 Å². The Bertz CT molecular complexity index is 1010. The monoisotopic (exact) mass is 485 g/mol. The number of hydrogen-bond donors (Lipinski definition) is 6. The quantitative estimate of drug-likeness (QED) is 0.217. The van der Waals surface area contributed by atoms with Crippen LogP contribution < -0.4 is 15.8 Å². The van der Waals surface area contributed by atoms with Gasteiger partial charge in [-0.3, -0.25) is 10.2 Å². The van der Waals surface area contributed by atoms with E-state index >= 15 is 0 Å². The lowest BCUT2D eigenvalue weighted by Crippen LogP contribution is -2.36. The number of rotatable bonds is 10. The standard InChI is InChI=1S/C19H21N3O5.C2HF3O2/c20-18(21)14-2-1-3-16(8-14)27-11-15(9-17(23)24)22-10-12-4-6-13(7-5-12)19(25)26;3-2(4,5)1(6)7/h1-8,15,22H,9-11H2,(H3,20,21)(H,23,24)(H,25,26);(H,6,7)/t15-;/m1./s1. The zero-order valence-corrected chi connectivity index (χ0v) is 17.5. The lowest BCUT2D eigenvalue weighted by Gasteiger charge is -2.18. The van der Waals surface area contributed by atoms with Gasteiger partial charge < -0.3 is 31.1 Å². The van der Waals surface area contributed by atoms with Crippen molar-refractivity contribution in [3.63, 3.8) is 0 Å². The van der Waals surface area contributed by atoms with Crippen LogP contribution in [0.25, 0.3) is 0 Å². The van der Waals surface area contributed by atoms with Crippen molar-refractivity contribution in [1.29, 1.82) is 5.41 Å². The Labute approximate surface area is 191 Å². The summed E-state index contributed by atoms with van der Waals surface area (Å²) in [5.74, 6) is -4.31. The number of carbonyl (C=O) groups is 3. The summed E-state index contributed by atoms with van der Waals surface area (Å²) in [5.41, 5.74) is 6.99. The number of aliphatic carboxylic acids is 2. The van der Waals surface area contributed by atoms with Crippen LogP contribution in [0.15, 0.2) is 48.5 Å². The fourth-order valence-corrected chi connectivity index (χ4v) is 2.38. The lowest BCUT2D eigenvalue weighted by molar-refractivity contribution is -0.192. The fourth-order valence-electron chi connectivity index (χ4n) is 2.38. The molecule has 0 aliphatic heterocycles. The highest BCUT2D eigenvalue weighted by atomic mass is 19.4. The zero-order chi connectivity index (χ0) is 25.9. The van der Waals surface area contributed by atoms with Crippen molar-refractivity contribution >= 4 is 23.7 Å².